The molecule has 10 heteroatoms. The van der Waals surface area contributed by atoms with Crippen LogP contribution in [0.5, 0.6) is 0 Å². The van der Waals surface area contributed by atoms with Gasteiger partial charge in [-0.05, 0) is 24.8 Å². The van der Waals surface area contributed by atoms with E-state index in [0.29, 0.717) is 32.7 Å². The molecule has 1 aromatic heterocycles. The summed E-state index contributed by atoms with van der Waals surface area (Å²) < 4.78 is 26.7. The maximum absolute atomic E-state index is 12.3. The molecule has 1 aromatic rings. The van der Waals surface area contributed by atoms with Gasteiger partial charge >= 0.3 is 0 Å². The minimum absolute atomic E-state index is 0.0222. The second-order valence-corrected chi connectivity index (χ2v) is 8.66. The highest BCUT2D eigenvalue weighted by Gasteiger charge is 2.22. The standard InChI is InChI=1S/C15H24N4O4S2/c1-2-16-13(20)12-18-6-4-7-19(9-8-18)14(21)11-17-25(22,23)15-5-3-10-24-15/h3,5,10,17H,2,4,6-9,11-12H2,1H3,(H,16,20). The maximum atomic E-state index is 12.3. The molecule has 0 aromatic carbocycles. The highest BCUT2D eigenvalue weighted by atomic mass is 32.2. The Hall–Kier alpha value is -1.49. The SMILES string of the molecule is CCNC(=O)CN1CCCN(C(=O)CNS(=O)(=O)c2cccs2)CC1. The van der Waals surface area contributed by atoms with Gasteiger partial charge in [0.2, 0.25) is 11.8 Å². The van der Waals surface area contributed by atoms with Gasteiger partial charge in [0.25, 0.3) is 10.0 Å². The Bertz CT molecular complexity index is 676. The smallest absolute Gasteiger partial charge is 0.250 e. The van der Waals surface area contributed by atoms with E-state index in [1.807, 2.05) is 11.8 Å². The number of likely N-dealkylation sites (N-methyl/N-ethyl adjacent to an activating group) is 1. The molecular formula is C15H24N4O4S2. The van der Waals surface area contributed by atoms with Crippen molar-refractivity contribution < 1.29 is 18.0 Å². The molecule has 2 amide bonds. The highest BCUT2D eigenvalue weighted by Crippen LogP contribution is 2.15. The van der Waals surface area contributed by atoms with Gasteiger partial charge in [-0.25, -0.2) is 13.1 Å². The molecule has 0 bridgehead atoms. The Morgan fingerprint density at radius 3 is 2.72 bits per heavy atom. The number of carbonyl (C=O) groups excluding carboxylic acids is 2. The third-order valence-corrected chi connectivity index (χ3v) is 6.65. The number of sulfonamides is 1. The molecule has 0 atom stereocenters. The molecule has 1 saturated heterocycles. The molecule has 0 aliphatic carbocycles. The fraction of sp³-hybridized carbons (Fsp3) is 0.600. The molecule has 2 heterocycles. The first-order valence-electron chi connectivity index (χ1n) is 8.22. The van der Waals surface area contributed by atoms with Crippen LogP contribution in [-0.2, 0) is 19.6 Å². The summed E-state index contributed by atoms with van der Waals surface area (Å²) in [5.74, 6) is -0.272. The zero-order valence-electron chi connectivity index (χ0n) is 14.2. The van der Waals surface area contributed by atoms with Crippen molar-refractivity contribution in [1.82, 2.24) is 19.8 Å². The second kappa shape index (κ2) is 9.27. The van der Waals surface area contributed by atoms with Crippen molar-refractivity contribution in [2.24, 2.45) is 0 Å². The summed E-state index contributed by atoms with van der Waals surface area (Å²) in [7, 11) is -3.64. The maximum Gasteiger partial charge on any atom is 0.250 e. The number of hydrogen-bond donors (Lipinski definition) is 2. The Labute approximate surface area is 152 Å². The van der Waals surface area contributed by atoms with E-state index in [2.05, 4.69) is 10.0 Å². The fourth-order valence-electron chi connectivity index (χ4n) is 2.59. The second-order valence-electron chi connectivity index (χ2n) is 5.72. The predicted molar refractivity (Wildman–Crippen MR) is 95.8 cm³/mol. The van der Waals surface area contributed by atoms with Crippen molar-refractivity contribution >= 4 is 33.2 Å². The summed E-state index contributed by atoms with van der Waals surface area (Å²) in [6.45, 7) is 4.92. The van der Waals surface area contributed by atoms with Crippen LogP contribution in [0.15, 0.2) is 21.7 Å². The lowest BCUT2D eigenvalue weighted by atomic mass is 10.3. The lowest BCUT2D eigenvalue weighted by molar-refractivity contribution is -0.129. The number of carbonyl (C=O) groups is 2. The number of thiophene rings is 1. The van der Waals surface area contributed by atoms with E-state index in [1.165, 1.54) is 6.07 Å². The molecule has 0 spiro atoms. The minimum atomic E-state index is -3.64. The largest absolute Gasteiger partial charge is 0.355 e. The zero-order valence-corrected chi connectivity index (χ0v) is 15.9. The van der Waals surface area contributed by atoms with E-state index in [4.69, 9.17) is 0 Å². The number of hydrogen-bond acceptors (Lipinski definition) is 6. The predicted octanol–water partition coefficient (Wildman–Crippen LogP) is -0.303. The molecule has 0 unspecified atom stereocenters. The summed E-state index contributed by atoms with van der Waals surface area (Å²) in [6.07, 6.45) is 0.753. The summed E-state index contributed by atoms with van der Waals surface area (Å²) >= 11 is 1.11. The zero-order chi connectivity index (χ0) is 18.3. The molecule has 25 heavy (non-hydrogen) atoms. The summed E-state index contributed by atoms with van der Waals surface area (Å²) in [5.41, 5.74) is 0. The van der Waals surface area contributed by atoms with Crippen molar-refractivity contribution in [1.29, 1.82) is 0 Å². The Balaban J connectivity index is 1.81. The lowest BCUT2D eigenvalue weighted by Crippen LogP contribution is -2.42. The number of rotatable bonds is 7. The van der Waals surface area contributed by atoms with Crippen LogP contribution in [0, 0.1) is 0 Å². The first-order valence-corrected chi connectivity index (χ1v) is 10.6. The van der Waals surface area contributed by atoms with Crippen molar-refractivity contribution in [3.63, 3.8) is 0 Å². The lowest BCUT2D eigenvalue weighted by Gasteiger charge is -2.21. The molecule has 2 rings (SSSR count). The van der Waals surface area contributed by atoms with Crippen LogP contribution in [-0.4, -0.2) is 75.8 Å². The van der Waals surface area contributed by atoms with Crippen LogP contribution in [0.25, 0.3) is 0 Å². The molecule has 140 valence electrons. The summed E-state index contributed by atoms with van der Waals surface area (Å²) in [6, 6.07) is 3.15. The van der Waals surface area contributed by atoms with Gasteiger partial charge in [0, 0.05) is 32.7 Å². The highest BCUT2D eigenvalue weighted by molar-refractivity contribution is 7.91. The van der Waals surface area contributed by atoms with Gasteiger partial charge in [-0.1, -0.05) is 6.07 Å². The van der Waals surface area contributed by atoms with Crippen LogP contribution in [0.3, 0.4) is 0 Å². The van der Waals surface area contributed by atoms with Gasteiger partial charge in [0.1, 0.15) is 4.21 Å². The Morgan fingerprint density at radius 1 is 1.24 bits per heavy atom. The molecular weight excluding hydrogens is 364 g/mol. The third-order valence-electron chi connectivity index (χ3n) is 3.86. The summed E-state index contributed by atoms with van der Waals surface area (Å²) in [5, 5.41) is 4.44. The van der Waals surface area contributed by atoms with Crippen LogP contribution < -0.4 is 10.0 Å². The quantitative estimate of drug-likeness (QED) is 0.668. The van der Waals surface area contributed by atoms with Crippen molar-refractivity contribution in [2.75, 3.05) is 45.8 Å². The first kappa shape index (κ1) is 19.8. The molecule has 1 aliphatic rings. The van der Waals surface area contributed by atoms with Gasteiger partial charge in [-0.2, -0.15) is 0 Å². The third kappa shape index (κ3) is 6.07. The van der Waals surface area contributed by atoms with Gasteiger partial charge in [0.05, 0.1) is 13.1 Å². The van der Waals surface area contributed by atoms with Gasteiger partial charge < -0.3 is 10.2 Å². The monoisotopic (exact) mass is 388 g/mol. The van der Waals surface area contributed by atoms with Crippen LogP contribution in [0.2, 0.25) is 0 Å². The normalized spacial score (nSPS) is 16.4. The van der Waals surface area contributed by atoms with Gasteiger partial charge in [-0.15, -0.1) is 11.3 Å². The number of nitrogens with one attached hydrogen (secondary N) is 2. The van der Waals surface area contributed by atoms with E-state index in [0.717, 1.165) is 24.3 Å². The van der Waals surface area contributed by atoms with Crippen LogP contribution in [0.4, 0.5) is 0 Å². The molecule has 1 fully saturated rings. The first-order chi connectivity index (χ1) is 11.9. The van der Waals surface area contributed by atoms with Crippen molar-refractivity contribution in [3.8, 4) is 0 Å². The average molecular weight is 389 g/mol. The molecule has 1 aliphatic heterocycles. The van der Waals surface area contributed by atoms with Gasteiger partial charge in [-0.3, -0.25) is 14.5 Å². The van der Waals surface area contributed by atoms with E-state index >= 15 is 0 Å². The number of nitrogens with zero attached hydrogens (tertiary/aromatic N) is 2. The van der Waals surface area contributed by atoms with Gasteiger partial charge in [0.15, 0.2) is 0 Å². The molecule has 8 nitrogen and oxygen atoms in total. The fourth-order valence-corrected chi connectivity index (χ4v) is 4.60. The summed E-state index contributed by atoms with van der Waals surface area (Å²) in [4.78, 5) is 27.6. The number of amides is 2. The van der Waals surface area contributed by atoms with E-state index in [-0.39, 0.29) is 22.6 Å². The Morgan fingerprint density at radius 2 is 2.04 bits per heavy atom. The van der Waals surface area contributed by atoms with E-state index in [1.54, 1.807) is 16.3 Å². The van der Waals surface area contributed by atoms with Crippen molar-refractivity contribution in [2.45, 2.75) is 17.6 Å². The van der Waals surface area contributed by atoms with E-state index in [9.17, 15) is 18.0 Å². The van der Waals surface area contributed by atoms with Crippen molar-refractivity contribution in [3.05, 3.63) is 17.5 Å². The van der Waals surface area contributed by atoms with Crippen LogP contribution >= 0.6 is 11.3 Å². The average Bonchev–Trinajstić information content (AvgIpc) is 3.02. The molecule has 0 saturated carbocycles. The molecule has 0 radical (unpaired) electrons. The molecule has 2 N–H and O–H groups in total. The van der Waals surface area contributed by atoms with E-state index < -0.39 is 10.0 Å². The van der Waals surface area contributed by atoms with Crippen LogP contribution in [0.1, 0.15) is 13.3 Å². The Kier molecular flexibility index (Phi) is 7.36. The minimum Gasteiger partial charge on any atom is -0.355 e. The topological polar surface area (TPSA) is 98.8 Å².